The number of rotatable bonds is 5. The second-order valence-electron chi connectivity index (χ2n) is 7.77. The minimum atomic E-state index is -2.59. The van der Waals surface area contributed by atoms with E-state index < -0.39 is 6.43 Å². The lowest BCUT2D eigenvalue weighted by atomic mass is 9.92. The third kappa shape index (κ3) is 3.96. The van der Waals surface area contributed by atoms with Gasteiger partial charge >= 0.3 is 0 Å². The van der Waals surface area contributed by atoms with Gasteiger partial charge in [0.1, 0.15) is 5.75 Å². The highest BCUT2D eigenvalue weighted by Crippen LogP contribution is 2.35. The topological polar surface area (TPSA) is 51.4 Å². The van der Waals surface area contributed by atoms with Gasteiger partial charge in [0.05, 0.1) is 18.2 Å². The SMILES string of the molecule is COc1ccc(C)cc1CN1CCC[C@H](c2cc(C(F)F)c3c(C)noc3n2)C1. The lowest BCUT2D eigenvalue weighted by Crippen LogP contribution is -2.34. The van der Waals surface area contributed by atoms with Gasteiger partial charge in [0.2, 0.25) is 0 Å². The van der Waals surface area contributed by atoms with E-state index in [0.29, 0.717) is 16.8 Å². The molecule has 1 aromatic carbocycles. The summed E-state index contributed by atoms with van der Waals surface area (Å²) in [6.45, 7) is 6.19. The van der Waals surface area contributed by atoms with Crippen molar-refractivity contribution in [1.82, 2.24) is 15.0 Å². The Hall–Kier alpha value is -2.54. The molecule has 4 rings (SSSR count). The molecule has 7 heteroatoms. The molecule has 1 fully saturated rings. The number of ether oxygens (including phenoxy) is 1. The van der Waals surface area contributed by atoms with Crippen LogP contribution in [0.25, 0.3) is 11.1 Å². The second kappa shape index (κ2) is 8.06. The van der Waals surface area contributed by atoms with E-state index in [-0.39, 0.29) is 17.2 Å². The van der Waals surface area contributed by atoms with Crippen molar-refractivity contribution in [2.45, 2.75) is 45.6 Å². The largest absolute Gasteiger partial charge is 0.496 e. The van der Waals surface area contributed by atoms with Gasteiger partial charge in [-0.1, -0.05) is 22.9 Å². The number of nitrogens with zero attached hydrogens (tertiary/aromatic N) is 3. The van der Waals surface area contributed by atoms with Gasteiger partial charge in [0.25, 0.3) is 12.1 Å². The van der Waals surface area contributed by atoms with E-state index in [0.717, 1.165) is 43.8 Å². The van der Waals surface area contributed by atoms with Crippen molar-refractivity contribution in [3.8, 4) is 5.75 Å². The number of pyridine rings is 1. The summed E-state index contributed by atoms with van der Waals surface area (Å²) in [5.74, 6) is 0.946. The fourth-order valence-corrected chi connectivity index (χ4v) is 4.24. The van der Waals surface area contributed by atoms with Crippen molar-refractivity contribution < 1.29 is 18.0 Å². The van der Waals surface area contributed by atoms with E-state index in [9.17, 15) is 8.78 Å². The molecule has 0 aliphatic carbocycles. The maximum atomic E-state index is 13.7. The molecule has 3 heterocycles. The molecule has 2 aromatic heterocycles. The molecule has 5 nitrogen and oxygen atoms in total. The van der Waals surface area contributed by atoms with Gasteiger partial charge < -0.3 is 9.26 Å². The summed E-state index contributed by atoms with van der Waals surface area (Å²) < 4.78 is 38.0. The van der Waals surface area contributed by atoms with Crippen molar-refractivity contribution in [2.24, 2.45) is 0 Å². The van der Waals surface area contributed by atoms with Crippen LogP contribution in [-0.2, 0) is 6.54 Å². The number of aromatic nitrogens is 2. The van der Waals surface area contributed by atoms with Crippen LogP contribution < -0.4 is 4.74 Å². The highest BCUT2D eigenvalue weighted by Gasteiger charge is 2.27. The monoisotopic (exact) mass is 401 g/mol. The number of fused-ring (bicyclic) bond motifs is 1. The van der Waals surface area contributed by atoms with Crippen LogP contribution in [0.4, 0.5) is 8.78 Å². The van der Waals surface area contributed by atoms with Crippen molar-refractivity contribution in [1.29, 1.82) is 0 Å². The number of benzene rings is 1. The fourth-order valence-electron chi connectivity index (χ4n) is 4.24. The van der Waals surface area contributed by atoms with Gasteiger partial charge in [-0.15, -0.1) is 0 Å². The number of methoxy groups -OCH3 is 1. The number of halogens is 2. The molecule has 1 saturated heterocycles. The summed E-state index contributed by atoms with van der Waals surface area (Å²) >= 11 is 0. The standard InChI is InChI=1S/C22H25F2N3O2/c1-13-6-7-19(28-3)16(9-13)12-27-8-4-5-15(11-27)18-10-17(21(23)24)20-14(2)26-29-22(20)25-18/h6-7,9-10,15,21H,4-5,8,11-12H2,1-3H3/t15-/m0/s1. The number of alkyl halides is 2. The number of hydrogen-bond acceptors (Lipinski definition) is 5. The summed E-state index contributed by atoms with van der Waals surface area (Å²) in [6, 6.07) is 7.70. The number of likely N-dealkylation sites (tertiary alicyclic amines) is 1. The number of hydrogen-bond donors (Lipinski definition) is 0. The molecule has 0 spiro atoms. The van der Waals surface area contributed by atoms with Crippen LogP contribution in [0.3, 0.4) is 0 Å². The molecule has 0 N–H and O–H groups in total. The van der Waals surface area contributed by atoms with Gasteiger partial charge in [-0.2, -0.15) is 0 Å². The zero-order valence-electron chi connectivity index (χ0n) is 16.9. The first kappa shape index (κ1) is 19.8. The lowest BCUT2D eigenvalue weighted by molar-refractivity contribution is 0.152. The van der Waals surface area contributed by atoms with Gasteiger partial charge in [-0.05, 0) is 45.4 Å². The molecule has 0 unspecified atom stereocenters. The van der Waals surface area contributed by atoms with Crippen LogP contribution in [0.1, 0.15) is 53.3 Å². The molecule has 3 aromatic rings. The van der Waals surface area contributed by atoms with Crippen molar-refractivity contribution in [2.75, 3.05) is 20.2 Å². The maximum Gasteiger partial charge on any atom is 0.264 e. The molecule has 1 aliphatic rings. The molecule has 1 aliphatic heterocycles. The van der Waals surface area contributed by atoms with E-state index in [4.69, 9.17) is 9.26 Å². The summed E-state index contributed by atoms with van der Waals surface area (Å²) in [5, 5.41) is 4.16. The number of aryl methyl sites for hydroxylation is 2. The van der Waals surface area contributed by atoms with Crippen molar-refractivity contribution in [3.05, 3.63) is 52.3 Å². The Morgan fingerprint density at radius 3 is 2.86 bits per heavy atom. The molecule has 29 heavy (non-hydrogen) atoms. The van der Waals surface area contributed by atoms with Gasteiger partial charge in [0.15, 0.2) is 0 Å². The summed E-state index contributed by atoms with van der Waals surface area (Å²) in [7, 11) is 1.68. The van der Waals surface area contributed by atoms with Crippen LogP contribution in [0.15, 0.2) is 28.8 Å². The fraction of sp³-hybridized carbons (Fsp3) is 0.455. The van der Waals surface area contributed by atoms with E-state index in [1.165, 1.54) is 5.56 Å². The summed E-state index contributed by atoms with van der Waals surface area (Å²) in [4.78, 5) is 6.88. The molecule has 0 amide bonds. The third-order valence-corrected chi connectivity index (χ3v) is 5.66. The Balaban J connectivity index is 1.60. The van der Waals surface area contributed by atoms with E-state index in [2.05, 4.69) is 28.0 Å². The predicted molar refractivity (Wildman–Crippen MR) is 106 cm³/mol. The average molecular weight is 401 g/mol. The van der Waals surface area contributed by atoms with Crippen LogP contribution >= 0.6 is 0 Å². The molecular weight excluding hydrogens is 376 g/mol. The molecule has 0 saturated carbocycles. The smallest absolute Gasteiger partial charge is 0.264 e. The van der Waals surface area contributed by atoms with Crippen LogP contribution in [0.5, 0.6) is 5.75 Å². The van der Waals surface area contributed by atoms with E-state index in [1.807, 2.05) is 12.1 Å². The third-order valence-electron chi connectivity index (χ3n) is 5.66. The zero-order valence-corrected chi connectivity index (χ0v) is 16.9. The lowest BCUT2D eigenvalue weighted by Gasteiger charge is -2.33. The predicted octanol–water partition coefficient (Wildman–Crippen LogP) is 5.17. The minimum absolute atomic E-state index is 0.0405. The molecular formula is C22H25F2N3O2. The first-order valence-corrected chi connectivity index (χ1v) is 9.87. The first-order valence-electron chi connectivity index (χ1n) is 9.87. The first-order chi connectivity index (χ1) is 14.0. The van der Waals surface area contributed by atoms with Crippen LogP contribution in [0, 0.1) is 13.8 Å². The Morgan fingerprint density at radius 1 is 1.28 bits per heavy atom. The van der Waals surface area contributed by atoms with E-state index >= 15 is 0 Å². The molecule has 0 bridgehead atoms. The maximum absolute atomic E-state index is 13.7. The summed E-state index contributed by atoms with van der Waals surface area (Å²) in [5.41, 5.74) is 3.59. The highest BCUT2D eigenvalue weighted by molar-refractivity contribution is 5.80. The van der Waals surface area contributed by atoms with Gasteiger partial charge in [0, 0.05) is 35.8 Å². The van der Waals surface area contributed by atoms with Crippen LogP contribution in [-0.4, -0.2) is 35.2 Å². The molecule has 1 atom stereocenters. The molecule has 154 valence electrons. The highest BCUT2D eigenvalue weighted by atomic mass is 19.3. The number of piperidine rings is 1. The summed E-state index contributed by atoms with van der Waals surface area (Å²) in [6.07, 6.45) is -0.693. The minimum Gasteiger partial charge on any atom is -0.496 e. The van der Waals surface area contributed by atoms with E-state index in [1.54, 1.807) is 20.1 Å². The Morgan fingerprint density at radius 2 is 2.10 bits per heavy atom. The zero-order chi connectivity index (χ0) is 20.5. The normalized spacial score (nSPS) is 17.9. The van der Waals surface area contributed by atoms with Crippen molar-refractivity contribution >= 4 is 11.1 Å². The average Bonchev–Trinajstić information content (AvgIpc) is 3.08. The van der Waals surface area contributed by atoms with Crippen molar-refractivity contribution in [3.63, 3.8) is 0 Å². The van der Waals surface area contributed by atoms with Gasteiger partial charge in [-0.25, -0.2) is 13.8 Å². The Bertz CT molecular complexity index is 1020. The van der Waals surface area contributed by atoms with Gasteiger partial charge in [-0.3, -0.25) is 4.90 Å². The Labute approximate surface area is 168 Å². The van der Waals surface area contributed by atoms with Crippen LogP contribution in [0.2, 0.25) is 0 Å². The second-order valence-corrected chi connectivity index (χ2v) is 7.77. The quantitative estimate of drug-likeness (QED) is 0.591. The Kier molecular flexibility index (Phi) is 5.50. The molecule has 0 radical (unpaired) electrons.